The van der Waals surface area contributed by atoms with Crippen molar-refractivity contribution in [2.45, 2.75) is 43.7 Å². The lowest BCUT2D eigenvalue weighted by molar-refractivity contribution is -0.132. The summed E-state index contributed by atoms with van der Waals surface area (Å²) in [5, 5.41) is 9.79. The first-order chi connectivity index (χ1) is 16.7. The lowest BCUT2D eigenvalue weighted by atomic mass is 10.0. The molecule has 1 fully saturated rings. The molecule has 1 aliphatic heterocycles. The molecular weight excluding hydrogens is 464 g/mol. The van der Waals surface area contributed by atoms with Crippen LogP contribution in [-0.2, 0) is 14.8 Å². The van der Waals surface area contributed by atoms with E-state index in [4.69, 9.17) is 4.74 Å². The Morgan fingerprint density at radius 2 is 1.86 bits per heavy atom. The van der Waals surface area contributed by atoms with Crippen LogP contribution in [0.25, 0.3) is 12.2 Å². The summed E-state index contributed by atoms with van der Waals surface area (Å²) < 4.78 is 34.9. The van der Waals surface area contributed by atoms with Gasteiger partial charge in [-0.2, -0.15) is 4.31 Å². The number of aliphatic hydroxyl groups excluding tert-OH is 1. The van der Waals surface area contributed by atoms with Crippen LogP contribution in [0.15, 0.2) is 53.4 Å². The van der Waals surface area contributed by atoms with Gasteiger partial charge in [0.2, 0.25) is 15.9 Å². The number of carbonyl (C=O) groups excluding carboxylic acids is 1. The predicted octanol–water partition coefficient (Wildman–Crippen LogP) is 3.49. The lowest BCUT2D eigenvalue weighted by Gasteiger charge is -2.37. The van der Waals surface area contributed by atoms with E-state index in [1.165, 1.54) is 4.31 Å². The Hall–Kier alpha value is -2.68. The summed E-state index contributed by atoms with van der Waals surface area (Å²) in [4.78, 5) is 14.4. The molecule has 0 spiro atoms. The third kappa shape index (κ3) is 5.77. The van der Waals surface area contributed by atoms with E-state index in [2.05, 4.69) is 0 Å². The Morgan fingerprint density at radius 3 is 2.51 bits per heavy atom. The number of hydrogen-bond acceptors (Lipinski definition) is 5. The van der Waals surface area contributed by atoms with Crippen molar-refractivity contribution >= 4 is 28.1 Å². The van der Waals surface area contributed by atoms with Crippen LogP contribution in [0, 0.1) is 11.8 Å². The summed E-state index contributed by atoms with van der Waals surface area (Å²) in [6, 6.07) is 14.3. The van der Waals surface area contributed by atoms with E-state index in [9.17, 15) is 18.3 Å². The van der Waals surface area contributed by atoms with Gasteiger partial charge in [-0.25, -0.2) is 8.42 Å². The molecule has 3 atom stereocenters. The number of likely N-dealkylation sites (N-methyl/N-ethyl adjacent to an activating group) is 1. The van der Waals surface area contributed by atoms with Crippen molar-refractivity contribution in [1.82, 2.24) is 9.21 Å². The Labute approximate surface area is 208 Å². The molecule has 35 heavy (non-hydrogen) atoms. The Kier molecular flexibility index (Phi) is 7.64. The minimum Gasteiger partial charge on any atom is -0.487 e. The molecule has 2 aromatic rings. The molecule has 0 saturated heterocycles. The number of hydrogen-bond donors (Lipinski definition) is 1. The number of ether oxygens (including phenoxy) is 1. The first-order valence-electron chi connectivity index (χ1n) is 12.1. The van der Waals surface area contributed by atoms with Crippen LogP contribution in [0.1, 0.15) is 37.8 Å². The van der Waals surface area contributed by atoms with Gasteiger partial charge in [0.1, 0.15) is 16.7 Å². The van der Waals surface area contributed by atoms with Crippen molar-refractivity contribution in [3.05, 3.63) is 59.7 Å². The summed E-state index contributed by atoms with van der Waals surface area (Å²) in [7, 11) is -2.12. The lowest BCUT2D eigenvalue weighted by Crippen LogP contribution is -2.50. The van der Waals surface area contributed by atoms with Crippen molar-refractivity contribution < 1.29 is 23.1 Å². The highest BCUT2D eigenvalue weighted by molar-refractivity contribution is 7.89. The van der Waals surface area contributed by atoms with Gasteiger partial charge in [-0.1, -0.05) is 55.5 Å². The summed E-state index contributed by atoms with van der Waals surface area (Å²) in [5.74, 6) is 0.261. The van der Waals surface area contributed by atoms with E-state index in [0.717, 1.165) is 24.0 Å². The average Bonchev–Trinajstić information content (AvgIpc) is 3.70. The van der Waals surface area contributed by atoms with Crippen LogP contribution in [-0.4, -0.2) is 67.5 Å². The van der Waals surface area contributed by atoms with Crippen molar-refractivity contribution in [3.63, 3.8) is 0 Å². The molecule has 1 N–H and O–H groups in total. The molecule has 4 rings (SSSR count). The van der Waals surface area contributed by atoms with Crippen molar-refractivity contribution in [3.8, 4) is 5.75 Å². The topological polar surface area (TPSA) is 87.2 Å². The van der Waals surface area contributed by atoms with Crippen LogP contribution >= 0.6 is 0 Å². The molecule has 2 aromatic carbocycles. The maximum atomic E-state index is 13.6. The monoisotopic (exact) mass is 498 g/mol. The molecule has 0 unspecified atom stereocenters. The van der Waals surface area contributed by atoms with Crippen LogP contribution in [0.2, 0.25) is 0 Å². The van der Waals surface area contributed by atoms with Crippen LogP contribution in [0.5, 0.6) is 5.75 Å². The normalized spacial score (nSPS) is 23.1. The molecule has 7 nitrogen and oxygen atoms in total. The average molecular weight is 499 g/mol. The highest BCUT2D eigenvalue weighted by Gasteiger charge is 2.39. The van der Waals surface area contributed by atoms with E-state index >= 15 is 0 Å². The summed E-state index contributed by atoms with van der Waals surface area (Å²) in [6.45, 7) is 3.89. The van der Waals surface area contributed by atoms with Gasteiger partial charge in [0.25, 0.3) is 0 Å². The molecule has 1 aliphatic carbocycles. The standard InChI is InChI=1S/C27H34N2O5S/c1-19-16-29(20(2)18-30)35(32,33)26-14-11-22(10-9-21-7-5-4-6-8-21)15-24(26)34-25(19)17-28(3)27(31)23-12-13-23/h4-11,14-15,19-20,23,25,30H,12-13,16-18H2,1-3H3/b10-9+/t19-,20+,25-/m0/s1. The maximum absolute atomic E-state index is 13.6. The molecule has 0 aromatic heterocycles. The molecule has 8 heteroatoms. The summed E-state index contributed by atoms with van der Waals surface area (Å²) in [5.41, 5.74) is 1.83. The zero-order valence-electron chi connectivity index (χ0n) is 20.5. The number of rotatable bonds is 7. The third-order valence-corrected chi connectivity index (χ3v) is 8.74. The summed E-state index contributed by atoms with van der Waals surface area (Å²) in [6.07, 6.45) is 5.31. The van der Waals surface area contributed by atoms with Gasteiger partial charge in [-0.05, 0) is 43.0 Å². The molecule has 0 bridgehead atoms. The zero-order chi connectivity index (χ0) is 25.2. The number of amides is 1. The van der Waals surface area contributed by atoms with Gasteiger partial charge in [-0.15, -0.1) is 0 Å². The minimum atomic E-state index is -3.90. The minimum absolute atomic E-state index is 0.0720. The molecule has 1 saturated carbocycles. The fourth-order valence-corrected chi connectivity index (χ4v) is 6.15. The third-order valence-electron chi connectivity index (χ3n) is 6.72. The highest BCUT2D eigenvalue weighted by atomic mass is 32.2. The fourth-order valence-electron chi connectivity index (χ4n) is 4.32. The molecule has 188 valence electrons. The Balaban J connectivity index is 1.70. The quantitative estimate of drug-likeness (QED) is 0.591. The highest BCUT2D eigenvalue weighted by Crippen LogP contribution is 2.35. The second-order valence-corrected chi connectivity index (χ2v) is 11.5. The van der Waals surface area contributed by atoms with E-state index in [-0.39, 0.29) is 41.5 Å². The van der Waals surface area contributed by atoms with Gasteiger partial charge in [0.05, 0.1) is 13.2 Å². The van der Waals surface area contributed by atoms with E-state index in [1.54, 1.807) is 37.1 Å². The molecule has 0 radical (unpaired) electrons. The second-order valence-electron chi connectivity index (χ2n) is 9.68. The Morgan fingerprint density at radius 1 is 1.17 bits per heavy atom. The number of benzene rings is 2. The number of sulfonamides is 1. The van der Waals surface area contributed by atoms with Crippen molar-refractivity contribution in [2.75, 3.05) is 26.7 Å². The zero-order valence-corrected chi connectivity index (χ0v) is 21.3. The number of fused-ring (bicyclic) bond motifs is 1. The van der Waals surface area contributed by atoms with Gasteiger partial charge in [0.15, 0.2) is 0 Å². The fraction of sp³-hybridized carbons (Fsp3) is 0.444. The number of carbonyl (C=O) groups is 1. The largest absolute Gasteiger partial charge is 0.487 e. The first-order valence-corrected chi connectivity index (χ1v) is 13.6. The molecule has 1 heterocycles. The molecule has 2 aliphatic rings. The van der Waals surface area contributed by atoms with E-state index < -0.39 is 22.2 Å². The van der Waals surface area contributed by atoms with E-state index in [0.29, 0.717) is 6.54 Å². The summed E-state index contributed by atoms with van der Waals surface area (Å²) >= 11 is 0. The smallest absolute Gasteiger partial charge is 0.247 e. The van der Waals surface area contributed by atoms with Crippen LogP contribution in [0.3, 0.4) is 0 Å². The van der Waals surface area contributed by atoms with Crippen molar-refractivity contribution in [2.24, 2.45) is 11.8 Å². The first kappa shape index (κ1) is 25.4. The van der Waals surface area contributed by atoms with Gasteiger partial charge < -0.3 is 14.7 Å². The molecule has 1 amide bonds. The van der Waals surface area contributed by atoms with E-state index in [1.807, 2.05) is 49.4 Å². The maximum Gasteiger partial charge on any atom is 0.247 e. The Bertz CT molecular complexity index is 1180. The van der Waals surface area contributed by atoms with Crippen LogP contribution < -0.4 is 4.74 Å². The predicted molar refractivity (Wildman–Crippen MR) is 136 cm³/mol. The van der Waals surface area contributed by atoms with Gasteiger partial charge >= 0.3 is 0 Å². The number of aliphatic hydroxyl groups is 1. The van der Waals surface area contributed by atoms with Gasteiger partial charge in [0, 0.05) is 31.5 Å². The van der Waals surface area contributed by atoms with Crippen LogP contribution in [0.4, 0.5) is 0 Å². The number of nitrogens with zero attached hydrogens (tertiary/aromatic N) is 2. The SMILES string of the molecule is C[C@H](CO)N1C[C@H](C)[C@H](CN(C)C(=O)C2CC2)Oc2cc(/C=C/c3ccccc3)ccc2S1(=O)=O. The molecular formula is C27H34N2O5S. The second kappa shape index (κ2) is 10.5. The van der Waals surface area contributed by atoms with Gasteiger partial charge in [-0.3, -0.25) is 4.79 Å². The van der Waals surface area contributed by atoms with Crippen molar-refractivity contribution in [1.29, 1.82) is 0 Å².